The van der Waals surface area contributed by atoms with Crippen molar-refractivity contribution < 1.29 is 19.1 Å². The van der Waals surface area contributed by atoms with Crippen LogP contribution in [0.15, 0.2) is 0 Å². The van der Waals surface area contributed by atoms with Gasteiger partial charge >= 0.3 is 0 Å². The third-order valence-electron chi connectivity index (χ3n) is 2.04. The van der Waals surface area contributed by atoms with Crippen LogP contribution in [0.1, 0.15) is 26.2 Å². The number of hydrogen-bond acceptors (Lipinski definition) is 4. The van der Waals surface area contributed by atoms with E-state index in [1.54, 1.807) is 0 Å². The second-order valence-corrected chi connectivity index (χ2v) is 3.47. The van der Waals surface area contributed by atoms with Crippen molar-refractivity contribution in [2.75, 3.05) is 13.2 Å². The highest BCUT2D eigenvalue weighted by atomic mass is 16.5. The maximum Gasteiger partial charge on any atom is 0.240 e. The van der Waals surface area contributed by atoms with Crippen molar-refractivity contribution in [1.29, 1.82) is 0 Å². The second kappa shape index (κ2) is 8.51. The number of carbonyl (C=O) groups excluding carboxylic acids is 3. The lowest BCUT2D eigenvalue weighted by Gasteiger charge is -2.14. The molecule has 0 spiro atoms. The van der Waals surface area contributed by atoms with Gasteiger partial charge in [-0.3, -0.25) is 14.4 Å². The van der Waals surface area contributed by atoms with Gasteiger partial charge in [0.2, 0.25) is 17.7 Å². The largest absolute Gasteiger partial charge is 0.381 e. The summed E-state index contributed by atoms with van der Waals surface area (Å²) in [6.45, 7) is 2.62. The number of rotatable bonds is 9. The summed E-state index contributed by atoms with van der Waals surface area (Å²) in [5, 5.41) is 2.43. The van der Waals surface area contributed by atoms with Crippen LogP contribution in [0, 0.1) is 0 Å². The van der Waals surface area contributed by atoms with Gasteiger partial charge in [0.05, 0.1) is 6.61 Å². The third kappa shape index (κ3) is 8.21. The van der Waals surface area contributed by atoms with Crippen molar-refractivity contribution >= 4 is 17.7 Å². The summed E-state index contributed by atoms with van der Waals surface area (Å²) in [7, 11) is 0. The van der Waals surface area contributed by atoms with E-state index in [1.165, 1.54) is 0 Å². The van der Waals surface area contributed by atoms with Crippen LogP contribution in [-0.4, -0.2) is 37.0 Å². The van der Waals surface area contributed by atoms with Gasteiger partial charge in [0.15, 0.2) is 0 Å². The summed E-state index contributed by atoms with van der Waals surface area (Å²) in [5.41, 5.74) is 10.0. The van der Waals surface area contributed by atoms with E-state index in [1.807, 2.05) is 6.92 Å². The molecule has 0 aromatic heterocycles. The first-order valence-electron chi connectivity index (χ1n) is 5.42. The van der Waals surface area contributed by atoms with Crippen molar-refractivity contribution in [3.63, 3.8) is 0 Å². The number of amides is 3. The molecule has 3 amide bonds. The van der Waals surface area contributed by atoms with E-state index >= 15 is 0 Å². The van der Waals surface area contributed by atoms with Gasteiger partial charge in [-0.15, -0.1) is 0 Å². The zero-order valence-electron chi connectivity index (χ0n) is 9.90. The second-order valence-electron chi connectivity index (χ2n) is 3.47. The quantitative estimate of drug-likeness (QED) is 0.434. The van der Waals surface area contributed by atoms with Gasteiger partial charge in [-0.1, -0.05) is 0 Å². The summed E-state index contributed by atoms with van der Waals surface area (Å²) in [6, 6.07) is -0.864. The van der Waals surface area contributed by atoms with Crippen molar-refractivity contribution in [2.24, 2.45) is 11.5 Å². The molecule has 0 fully saturated rings. The molecular formula is C10H19N3O4. The molecule has 1 unspecified atom stereocenters. The minimum absolute atomic E-state index is 0.000648. The Hall–Kier alpha value is -1.63. The van der Waals surface area contributed by atoms with Crippen LogP contribution >= 0.6 is 0 Å². The van der Waals surface area contributed by atoms with Crippen molar-refractivity contribution in [1.82, 2.24) is 5.32 Å². The fraction of sp³-hybridized carbons (Fsp3) is 0.700. The van der Waals surface area contributed by atoms with Crippen molar-refractivity contribution in [3.8, 4) is 0 Å². The Balaban J connectivity index is 4.02. The van der Waals surface area contributed by atoms with Crippen LogP contribution < -0.4 is 16.8 Å². The molecule has 1 atom stereocenters. The maximum absolute atomic E-state index is 11.4. The van der Waals surface area contributed by atoms with E-state index in [9.17, 15) is 14.4 Å². The Kier molecular flexibility index (Phi) is 7.70. The molecule has 0 heterocycles. The SMILES string of the molecule is CCOCCC(=O)NC(CCC(N)=O)C(N)=O. The number of nitrogens with one attached hydrogen (secondary N) is 1. The van der Waals surface area contributed by atoms with Crippen LogP contribution in [-0.2, 0) is 19.1 Å². The summed E-state index contributed by atoms with van der Waals surface area (Å²) in [5.74, 6) is -1.57. The molecule has 0 aromatic carbocycles. The minimum atomic E-state index is -0.864. The topological polar surface area (TPSA) is 125 Å². The fourth-order valence-electron chi connectivity index (χ4n) is 1.15. The molecule has 0 aromatic rings. The minimum Gasteiger partial charge on any atom is -0.381 e. The molecule has 0 aliphatic heterocycles. The number of ether oxygens (including phenoxy) is 1. The summed E-state index contributed by atoms with van der Waals surface area (Å²) >= 11 is 0. The Morgan fingerprint density at radius 2 is 1.88 bits per heavy atom. The van der Waals surface area contributed by atoms with Gasteiger partial charge in [-0.2, -0.15) is 0 Å². The summed E-state index contributed by atoms with van der Waals surface area (Å²) in [4.78, 5) is 32.9. The van der Waals surface area contributed by atoms with Crippen LogP contribution in [0.5, 0.6) is 0 Å². The molecule has 0 aliphatic carbocycles. The van der Waals surface area contributed by atoms with Crippen LogP contribution in [0.25, 0.3) is 0 Å². The lowest BCUT2D eigenvalue weighted by Crippen LogP contribution is -2.45. The van der Waals surface area contributed by atoms with Gasteiger partial charge in [0, 0.05) is 19.4 Å². The normalized spacial score (nSPS) is 11.8. The van der Waals surface area contributed by atoms with Crippen molar-refractivity contribution in [3.05, 3.63) is 0 Å². The summed E-state index contributed by atoms with van der Waals surface area (Å²) in [6.07, 6.45) is 0.262. The highest BCUT2D eigenvalue weighted by Gasteiger charge is 2.18. The van der Waals surface area contributed by atoms with Crippen LogP contribution in [0.2, 0.25) is 0 Å². The summed E-state index contributed by atoms with van der Waals surface area (Å²) < 4.78 is 4.99. The maximum atomic E-state index is 11.4. The zero-order valence-corrected chi connectivity index (χ0v) is 9.90. The van der Waals surface area contributed by atoms with E-state index in [0.717, 1.165) is 0 Å². The van der Waals surface area contributed by atoms with Crippen LogP contribution in [0.4, 0.5) is 0 Å². The first-order chi connectivity index (χ1) is 7.97. The Bertz CT molecular complexity index is 281. The first kappa shape index (κ1) is 15.4. The smallest absolute Gasteiger partial charge is 0.240 e. The van der Waals surface area contributed by atoms with E-state index in [4.69, 9.17) is 16.2 Å². The highest BCUT2D eigenvalue weighted by Crippen LogP contribution is 1.97. The molecule has 0 aliphatic rings. The van der Waals surface area contributed by atoms with Gasteiger partial charge in [0.25, 0.3) is 0 Å². The Morgan fingerprint density at radius 3 is 2.35 bits per heavy atom. The Labute approximate surface area is 99.9 Å². The Morgan fingerprint density at radius 1 is 1.24 bits per heavy atom. The zero-order chi connectivity index (χ0) is 13.3. The number of carbonyl (C=O) groups is 3. The predicted octanol–water partition coefficient (Wildman–Crippen LogP) is -1.35. The van der Waals surface area contributed by atoms with E-state index in [0.29, 0.717) is 6.61 Å². The van der Waals surface area contributed by atoms with E-state index < -0.39 is 17.9 Å². The van der Waals surface area contributed by atoms with E-state index in [2.05, 4.69) is 5.32 Å². The average Bonchev–Trinajstić information content (AvgIpc) is 2.23. The first-order valence-corrected chi connectivity index (χ1v) is 5.42. The van der Waals surface area contributed by atoms with Gasteiger partial charge in [-0.05, 0) is 13.3 Å². The molecule has 0 rings (SSSR count). The molecule has 7 nitrogen and oxygen atoms in total. The predicted molar refractivity (Wildman–Crippen MR) is 60.7 cm³/mol. The molecule has 17 heavy (non-hydrogen) atoms. The fourth-order valence-corrected chi connectivity index (χ4v) is 1.15. The van der Waals surface area contributed by atoms with Gasteiger partial charge in [-0.25, -0.2) is 0 Å². The monoisotopic (exact) mass is 245 g/mol. The third-order valence-corrected chi connectivity index (χ3v) is 2.04. The molecular weight excluding hydrogens is 226 g/mol. The van der Waals surface area contributed by atoms with Gasteiger partial charge in [0.1, 0.15) is 6.04 Å². The molecule has 0 saturated carbocycles. The molecule has 0 bridgehead atoms. The standard InChI is InChI=1S/C10H19N3O4/c1-2-17-6-5-9(15)13-7(10(12)16)3-4-8(11)14/h7H,2-6H2,1H3,(H2,11,14)(H2,12,16)(H,13,15). The number of hydrogen-bond donors (Lipinski definition) is 3. The molecule has 0 saturated heterocycles. The molecule has 7 heteroatoms. The molecule has 98 valence electrons. The average molecular weight is 245 g/mol. The van der Waals surface area contributed by atoms with Crippen molar-refractivity contribution in [2.45, 2.75) is 32.2 Å². The lowest BCUT2D eigenvalue weighted by molar-refractivity contribution is -0.128. The number of primary amides is 2. The van der Waals surface area contributed by atoms with E-state index in [-0.39, 0.29) is 31.8 Å². The molecule has 5 N–H and O–H groups in total. The highest BCUT2D eigenvalue weighted by molar-refractivity contribution is 5.87. The van der Waals surface area contributed by atoms with Gasteiger partial charge < -0.3 is 21.5 Å². The number of nitrogens with two attached hydrogens (primary N) is 2. The lowest BCUT2D eigenvalue weighted by atomic mass is 10.1. The van der Waals surface area contributed by atoms with Crippen LogP contribution in [0.3, 0.4) is 0 Å². The molecule has 0 radical (unpaired) electrons.